The highest BCUT2D eigenvalue weighted by Gasteiger charge is 2.45. The topological polar surface area (TPSA) is 19.0 Å². The quantitative estimate of drug-likeness (QED) is 0.201. The molecule has 3 aliphatic rings. The number of rotatable bonds is 11. The molecule has 2 heterocycles. The van der Waals surface area contributed by atoms with Gasteiger partial charge in [0.15, 0.2) is 0 Å². The van der Waals surface area contributed by atoms with Crippen molar-refractivity contribution < 1.29 is 0 Å². The summed E-state index contributed by atoms with van der Waals surface area (Å²) in [4.78, 5) is 6.86. The van der Waals surface area contributed by atoms with Crippen molar-refractivity contribution in [3.63, 3.8) is 0 Å². The summed E-state index contributed by atoms with van der Waals surface area (Å²) in [7, 11) is 0. The first-order chi connectivity index (χ1) is 18.8. The van der Waals surface area contributed by atoms with Gasteiger partial charge in [0.2, 0.25) is 0 Å². The van der Waals surface area contributed by atoms with Gasteiger partial charge >= 0.3 is 0 Å². The molecule has 5 unspecified atom stereocenters. The molecule has 1 aromatic heterocycles. The number of H-pyrrole nitrogens is 1. The van der Waals surface area contributed by atoms with E-state index in [0.717, 1.165) is 0 Å². The van der Waals surface area contributed by atoms with Gasteiger partial charge in [0.05, 0.1) is 6.04 Å². The lowest BCUT2D eigenvalue weighted by molar-refractivity contribution is 0.315. The highest BCUT2D eigenvalue weighted by atomic mass is 15.2. The minimum atomic E-state index is 0.457. The van der Waals surface area contributed by atoms with Gasteiger partial charge in [-0.2, -0.15) is 0 Å². The average Bonchev–Trinajstić information content (AvgIpc) is 3.49. The maximum Gasteiger partial charge on any atom is 0.0572 e. The number of hydrogen-bond donors (Lipinski definition) is 1. The van der Waals surface area contributed by atoms with Crippen molar-refractivity contribution in [2.75, 3.05) is 4.90 Å². The Balaban J connectivity index is 1.24. The molecule has 0 saturated carbocycles. The van der Waals surface area contributed by atoms with Gasteiger partial charge in [-0.3, -0.25) is 0 Å². The SMILES string of the molecule is CCCCCCCCCCCC1c2[nH]c3ccccc3c2C(N2c3ccccc3C3C=CCCC32)CC1C. The molecule has 38 heavy (non-hydrogen) atoms. The van der Waals surface area contributed by atoms with Gasteiger partial charge in [-0.05, 0) is 49.3 Å². The molecule has 1 N–H and O–H groups in total. The lowest BCUT2D eigenvalue weighted by Gasteiger charge is -2.44. The standard InChI is InChI=1S/C36H48N2/c1-3-4-5-6-7-8-9-10-11-18-27-26(2)25-34(35-30-21-12-15-22-31(30)37-36(27)35)38-32-23-16-13-19-28(32)29-20-14-17-24-33(29)38/h12-16,19-23,26-27,29,33-34,37H,3-11,17-18,24-25H2,1-2H3. The number of nitrogens with zero attached hydrogens (tertiary/aromatic N) is 1. The predicted octanol–water partition coefficient (Wildman–Crippen LogP) is 10.6. The van der Waals surface area contributed by atoms with Crippen LogP contribution in [0.25, 0.3) is 10.9 Å². The normalized spacial score (nSPS) is 25.9. The molecule has 0 amide bonds. The van der Waals surface area contributed by atoms with Crippen LogP contribution in [0.2, 0.25) is 0 Å². The summed E-state index contributed by atoms with van der Waals surface area (Å²) in [5.41, 5.74) is 7.53. The van der Waals surface area contributed by atoms with Gasteiger partial charge in [-0.1, -0.05) is 120 Å². The summed E-state index contributed by atoms with van der Waals surface area (Å²) in [5, 5.41) is 1.46. The van der Waals surface area contributed by atoms with E-state index >= 15 is 0 Å². The second kappa shape index (κ2) is 11.7. The average molecular weight is 509 g/mol. The number of nitrogens with one attached hydrogen (secondary N) is 1. The van der Waals surface area contributed by atoms with Crippen LogP contribution < -0.4 is 4.90 Å². The van der Waals surface area contributed by atoms with Gasteiger partial charge < -0.3 is 9.88 Å². The van der Waals surface area contributed by atoms with Crippen LogP contribution in [0.3, 0.4) is 0 Å². The van der Waals surface area contributed by atoms with Crippen molar-refractivity contribution in [2.24, 2.45) is 5.92 Å². The predicted molar refractivity (Wildman–Crippen MR) is 163 cm³/mol. The third-order valence-corrected chi connectivity index (χ3v) is 10.0. The third kappa shape index (κ3) is 4.85. The first-order valence-corrected chi connectivity index (χ1v) is 15.9. The number of para-hydroxylation sites is 2. The molecule has 1 aliphatic heterocycles. The van der Waals surface area contributed by atoms with E-state index in [4.69, 9.17) is 0 Å². The van der Waals surface area contributed by atoms with Crippen LogP contribution >= 0.6 is 0 Å². The van der Waals surface area contributed by atoms with Crippen LogP contribution in [0.1, 0.15) is 132 Å². The van der Waals surface area contributed by atoms with Crippen molar-refractivity contribution in [1.82, 2.24) is 4.98 Å². The molecule has 3 aromatic rings. The highest BCUT2D eigenvalue weighted by molar-refractivity contribution is 5.86. The first-order valence-electron chi connectivity index (χ1n) is 15.9. The fraction of sp³-hybridized carbons (Fsp3) is 0.556. The summed E-state index contributed by atoms with van der Waals surface area (Å²) in [6.07, 6.45) is 22.6. The molecule has 2 aliphatic carbocycles. The van der Waals surface area contributed by atoms with Crippen molar-refractivity contribution in [3.8, 4) is 0 Å². The molecule has 2 aromatic carbocycles. The van der Waals surface area contributed by atoms with Gasteiger partial charge in [0.1, 0.15) is 0 Å². The maximum absolute atomic E-state index is 3.99. The number of fused-ring (bicyclic) bond motifs is 6. The van der Waals surface area contributed by atoms with Crippen LogP contribution in [-0.4, -0.2) is 11.0 Å². The smallest absolute Gasteiger partial charge is 0.0572 e. The van der Waals surface area contributed by atoms with Crippen LogP contribution in [0.5, 0.6) is 0 Å². The molecule has 0 radical (unpaired) electrons. The molecule has 0 saturated heterocycles. The van der Waals surface area contributed by atoms with Crippen LogP contribution in [-0.2, 0) is 0 Å². The van der Waals surface area contributed by atoms with Crippen molar-refractivity contribution in [3.05, 3.63) is 77.5 Å². The molecule has 202 valence electrons. The van der Waals surface area contributed by atoms with E-state index in [1.807, 2.05) is 0 Å². The molecule has 2 heteroatoms. The number of hydrogen-bond acceptors (Lipinski definition) is 1. The molecule has 6 rings (SSSR count). The zero-order valence-electron chi connectivity index (χ0n) is 23.8. The van der Waals surface area contributed by atoms with Crippen LogP contribution in [0.15, 0.2) is 60.7 Å². The Hall–Kier alpha value is -2.48. The lowest BCUT2D eigenvalue weighted by atomic mass is 9.73. The van der Waals surface area contributed by atoms with E-state index in [9.17, 15) is 0 Å². The van der Waals surface area contributed by atoms with Crippen molar-refractivity contribution in [1.29, 1.82) is 0 Å². The van der Waals surface area contributed by atoms with Crippen molar-refractivity contribution in [2.45, 2.75) is 121 Å². The Kier molecular flexibility index (Phi) is 7.95. The second-order valence-electron chi connectivity index (χ2n) is 12.5. The van der Waals surface area contributed by atoms with E-state index in [1.54, 1.807) is 16.8 Å². The van der Waals surface area contributed by atoms with E-state index in [2.05, 4.69) is 84.4 Å². The number of anilines is 1. The third-order valence-electron chi connectivity index (χ3n) is 10.0. The van der Waals surface area contributed by atoms with Gasteiger partial charge in [0.25, 0.3) is 0 Å². The maximum atomic E-state index is 3.99. The summed E-state index contributed by atoms with van der Waals surface area (Å²) in [5.74, 6) is 1.89. The Morgan fingerprint density at radius 2 is 1.61 bits per heavy atom. The molecular weight excluding hydrogens is 460 g/mol. The number of benzene rings is 2. The van der Waals surface area contributed by atoms with Gasteiger partial charge in [0, 0.05) is 45.7 Å². The molecule has 2 nitrogen and oxygen atoms in total. The molecule has 0 bridgehead atoms. The Morgan fingerprint density at radius 1 is 0.868 bits per heavy atom. The number of aromatic nitrogens is 1. The molecule has 0 fully saturated rings. The summed E-state index contributed by atoms with van der Waals surface area (Å²) < 4.78 is 0. The van der Waals surface area contributed by atoms with Gasteiger partial charge in [-0.15, -0.1) is 0 Å². The van der Waals surface area contributed by atoms with E-state index < -0.39 is 0 Å². The zero-order chi connectivity index (χ0) is 25.9. The second-order valence-corrected chi connectivity index (χ2v) is 12.5. The molecule has 0 spiro atoms. The van der Waals surface area contributed by atoms with Gasteiger partial charge in [-0.25, -0.2) is 0 Å². The monoisotopic (exact) mass is 508 g/mol. The number of aromatic amines is 1. The van der Waals surface area contributed by atoms with Crippen LogP contribution in [0, 0.1) is 5.92 Å². The van der Waals surface area contributed by atoms with E-state index in [1.165, 1.54) is 100 Å². The highest BCUT2D eigenvalue weighted by Crippen LogP contribution is 2.55. The zero-order valence-corrected chi connectivity index (χ0v) is 23.8. The molecule has 5 atom stereocenters. The Morgan fingerprint density at radius 3 is 2.45 bits per heavy atom. The fourth-order valence-corrected chi connectivity index (χ4v) is 8.13. The lowest BCUT2D eigenvalue weighted by Crippen LogP contribution is -2.41. The Bertz CT molecular complexity index is 1240. The van der Waals surface area contributed by atoms with Crippen LogP contribution in [0.4, 0.5) is 5.69 Å². The summed E-state index contributed by atoms with van der Waals surface area (Å²) in [6, 6.07) is 19.4. The summed E-state index contributed by atoms with van der Waals surface area (Å²) in [6.45, 7) is 4.85. The van der Waals surface area contributed by atoms with E-state index in [0.29, 0.717) is 29.8 Å². The minimum Gasteiger partial charge on any atom is -0.360 e. The summed E-state index contributed by atoms with van der Waals surface area (Å²) >= 11 is 0. The number of allylic oxidation sites excluding steroid dienone is 1. The largest absolute Gasteiger partial charge is 0.360 e. The minimum absolute atomic E-state index is 0.457. The van der Waals surface area contributed by atoms with E-state index in [-0.39, 0.29) is 0 Å². The first kappa shape index (κ1) is 25.8. The number of unbranched alkanes of at least 4 members (excludes halogenated alkanes) is 8. The molecular formula is C36H48N2. The Labute approximate surface area is 230 Å². The van der Waals surface area contributed by atoms with Crippen molar-refractivity contribution >= 4 is 16.6 Å². The fourth-order valence-electron chi connectivity index (χ4n) is 8.13.